The molecule has 0 bridgehead atoms. The predicted octanol–water partition coefficient (Wildman–Crippen LogP) is -1.06. The molecule has 5 heteroatoms. The fourth-order valence-corrected chi connectivity index (χ4v) is 1.58. The zero-order valence-corrected chi connectivity index (χ0v) is 9.10. The molecule has 0 unspecified atom stereocenters. The van der Waals surface area contributed by atoms with Crippen LogP contribution in [0.1, 0.15) is 5.56 Å². The van der Waals surface area contributed by atoms with E-state index in [1.807, 2.05) is 16.2 Å². The molecule has 1 heterocycles. The molecule has 0 atom stereocenters. The second-order valence-corrected chi connectivity index (χ2v) is 3.50. The van der Waals surface area contributed by atoms with Crippen molar-refractivity contribution in [2.75, 3.05) is 0 Å². The summed E-state index contributed by atoms with van der Waals surface area (Å²) in [7, 11) is 1.61. The van der Waals surface area contributed by atoms with Gasteiger partial charge >= 0.3 is 83.1 Å². The third kappa shape index (κ3) is 1.82. The van der Waals surface area contributed by atoms with Gasteiger partial charge in [-0.05, 0) is 0 Å². The standard InChI is InChI=1S/C8H10N2O2Se/c1-3-4-6-5-9(2)8(12)10(13)7(6)11/h3,5,13H,1,4H2,2H3. The Bertz CT molecular complexity index is 444. The van der Waals surface area contributed by atoms with Crippen molar-refractivity contribution in [3.05, 3.63) is 45.3 Å². The van der Waals surface area contributed by atoms with Crippen LogP contribution in [0.5, 0.6) is 0 Å². The van der Waals surface area contributed by atoms with Crippen LogP contribution in [0.4, 0.5) is 0 Å². The molecule has 0 N–H and O–H groups in total. The molecule has 0 saturated heterocycles. The van der Waals surface area contributed by atoms with Crippen LogP contribution in [0.3, 0.4) is 0 Å². The van der Waals surface area contributed by atoms with Crippen molar-refractivity contribution in [1.82, 2.24) is 8.15 Å². The first-order valence-corrected chi connectivity index (χ1v) is 4.53. The van der Waals surface area contributed by atoms with Crippen molar-refractivity contribution in [1.29, 1.82) is 0 Å². The van der Waals surface area contributed by atoms with Crippen molar-refractivity contribution < 1.29 is 0 Å². The van der Waals surface area contributed by atoms with Gasteiger partial charge in [-0.15, -0.1) is 0 Å². The minimum atomic E-state index is -0.335. The molecule has 70 valence electrons. The molecule has 1 rings (SSSR count). The summed E-state index contributed by atoms with van der Waals surface area (Å²) in [4.78, 5) is 22.6. The quantitative estimate of drug-likeness (QED) is 0.492. The van der Waals surface area contributed by atoms with Crippen LogP contribution in [-0.2, 0) is 13.5 Å². The fourth-order valence-electron chi connectivity index (χ4n) is 1.01. The van der Waals surface area contributed by atoms with Gasteiger partial charge in [-0.2, -0.15) is 0 Å². The molecule has 0 amide bonds. The molecule has 0 aliphatic carbocycles. The molecular weight excluding hydrogens is 235 g/mol. The summed E-state index contributed by atoms with van der Waals surface area (Å²) in [5.74, 6) is 0. The van der Waals surface area contributed by atoms with Crippen LogP contribution in [0, 0.1) is 0 Å². The Balaban J connectivity index is 3.50. The van der Waals surface area contributed by atoms with Crippen LogP contribution in [0.2, 0.25) is 0 Å². The van der Waals surface area contributed by atoms with E-state index in [4.69, 9.17) is 0 Å². The van der Waals surface area contributed by atoms with Gasteiger partial charge in [0.15, 0.2) is 0 Å². The maximum absolute atomic E-state index is 11.4. The molecule has 13 heavy (non-hydrogen) atoms. The fraction of sp³-hybridized carbons (Fsp3) is 0.250. The Morgan fingerprint density at radius 1 is 1.62 bits per heavy atom. The summed E-state index contributed by atoms with van der Waals surface area (Å²) < 4.78 is 2.41. The number of hydrogen-bond donors (Lipinski definition) is 0. The molecule has 0 aromatic carbocycles. The summed E-state index contributed by atoms with van der Waals surface area (Å²) in [5, 5.41) is 0. The third-order valence-corrected chi connectivity index (χ3v) is 2.40. The summed E-state index contributed by atoms with van der Waals surface area (Å²) >= 11 is 1.94. The minimum absolute atomic E-state index is 0.275. The number of nitrogens with zero attached hydrogens (tertiary/aromatic N) is 2. The zero-order chi connectivity index (χ0) is 10.0. The first-order chi connectivity index (χ1) is 6.07. The summed E-state index contributed by atoms with van der Waals surface area (Å²) in [6, 6.07) is 0. The van der Waals surface area contributed by atoms with Crippen molar-refractivity contribution in [2.24, 2.45) is 7.05 Å². The van der Waals surface area contributed by atoms with Crippen LogP contribution >= 0.6 is 0 Å². The Morgan fingerprint density at radius 2 is 2.23 bits per heavy atom. The molecule has 0 aliphatic rings. The Kier molecular flexibility index (Phi) is 2.90. The topological polar surface area (TPSA) is 44.0 Å². The van der Waals surface area contributed by atoms with Crippen molar-refractivity contribution in [3.63, 3.8) is 0 Å². The van der Waals surface area contributed by atoms with Crippen LogP contribution < -0.4 is 11.2 Å². The van der Waals surface area contributed by atoms with Crippen LogP contribution in [0.25, 0.3) is 0 Å². The van der Waals surface area contributed by atoms with Gasteiger partial charge in [-0.1, -0.05) is 0 Å². The van der Waals surface area contributed by atoms with Gasteiger partial charge < -0.3 is 0 Å². The van der Waals surface area contributed by atoms with E-state index in [1.165, 1.54) is 10.8 Å². The monoisotopic (exact) mass is 246 g/mol. The summed E-state index contributed by atoms with van der Waals surface area (Å²) in [6.45, 7) is 3.54. The molecule has 0 spiro atoms. The first kappa shape index (κ1) is 10.0. The van der Waals surface area contributed by atoms with Gasteiger partial charge in [0.2, 0.25) is 0 Å². The molecule has 1 aromatic heterocycles. The van der Waals surface area contributed by atoms with Crippen molar-refractivity contribution >= 4 is 16.2 Å². The molecule has 1 aromatic rings. The number of allylic oxidation sites excluding steroid dienone is 1. The molecular formula is C8H10N2O2Se. The van der Waals surface area contributed by atoms with Gasteiger partial charge in [0.25, 0.3) is 0 Å². The van der Waals surface area contributed by atoms with Gasteiger partial charge in [0.05, 0.1) is 0 Å². The van der Waals surface area contributed by atoms with Crippen molar-refractivity contribution in [2.45, 2.75) is 6.42 Å². The molecule has 0 radical (unpaired) electrons. The SMILES string of the molecule is C=CCc1cn(C)c(=O)n([SeH])c1=O. The van der Waals surface area contributed by atoms with E-state index in [0.717, 1.165) is 3.58 Å². The van der Waals surface area contributed by atoms with Crippen LogP contribution in [0.15, 0.2) is 28.4 Å². The Morgan fingerprint density at radius 3 is 2.77 bits per heavy atom. The second-order valence-electron chi connectivity index (χ2n) is 2.66. The Hall–Kier alpha value is -1.06. The third-order valence-electron chi connectivity index (χ3n) is 1.66. The zero-order valence-electron chi connectivity index (χ0n) is 7.23. The summed E-state index contributed by atoms with van der Waals surface area (Å²) in [6.07, 6.45) is 3.65. The van der Waals surface area contributed by atoms with E-state index >= 15 is 0 Å². The van der Waals surface area contributed by atoms with E-state index in [2.05, 4.69) is 6.58 Å². The molecule has 4 nitrogen and oxygen atoms in total. The van der Waals surface area contributed by atoms with E-state index < -0.39 is 0 Å². The van der Waals surface area contributed by atoms with E-state index in [-0.39, 0.29) is 11.2 Å². The van der Waals surface area contributed by atoms with Crippen LogP contribution in [-0.4, -0.2) is 24.4 Å². The van der Waals surface area contributed by atoms with Crippen molar-refractivity contribution in [3.8, 4) is 0 Å². The molecule has 0 aliphatic heterocycles. The van der Waals surface area contributed by atoms with Gasteiger partial charge in [0.1, 0.15) is 0 Å². The number of aryl methyl sites for hydroxylation is 1. The van der Waals surface area contributed by atoms with Gasteiger partial charge in [-0.3, -0.25) is 0 Å². The van der Waals surface area contributed by atoms with E-state index in [9.17, 15) is 9.59 Å². The molecule has 0 saturated carbocycles. The van der Waals surface area contributed by atoms with E-state index in [0.29, 0.717) is 12.0 Å². The summed E-state index contributed by atoms with van der Waals surface area (Å²) in [5.41, 5.74) is -0.0430. The van der Waals surface area contributed by atoms with E-state index in [1.54, 1.807) is 13.1 Å². The average molecular weight is 245 g/mol. The number of rotatable bonds is 2. The first-order valence-electron chi connectivity index (χ1n) is 3.69. The molecule has 0 fully saturated rings. The maximum atomic E-state index is 11.4. The predicted molar refractivity (Wildman–Crippen MR) is 52.4 cm³/mol. The average Bonchev–Trinajstić information content (AvgIpc) is 2.11. The Labute approximate surface area is 83.5 Å². The number of hydrogen-bond acceptors (Lipinski definition) is 2. The van der Waals surface area contributed by atoms with Gasteiger partial charge in [-0.25, -0.2) is 0 Å². The normalized spacial score (nSPS) is 10.0. The second kappa shape index (κ2) is 3.77. The number of aromatic nitrogens is 2. The van der Waals surface area contributed by atoms with Gasteiger partial charge in [0, 0.05) is 0 Å².